The maximum absolute atomic E-state index is 6.06. The molecule has 0 aliphatic rings. The van der Waals surface area contributed by atoms with Gasteiger partial charge in [0.05, 0.1) is 6.21 Å². The van der Waals surface area contributed by atoms with Crippen LogP contribution in [0, 0.1) is 6.92 Å². The van der Waals surface area contributed by atoms with Gasteiger partial charge in [-0.2, -0.15) is 15.1 Å². The van der Waals surface area contributed by atoms with Crippen LogP contribution in [0.5, 0.6) is 0 Å². The molecule has 118 valence electrons. The molecule has 4 aromatic rings. The maximum Gasteiger partial charge on any atom is 0.226 e. The summed E-state index contributed by atoms with van der Waals surface area (Å²) in [6, 6.07) is 8.04. The number of halogens is 1. The average molecular weight is 338 g/mol. The van der Waals surface area contributed by atoms with Crippen LogP contribution in [0.3, 0.4) is 0 Å². The van der Waals surface area contributed by atoms with Crippen molar-refractivity contribution in [1.29, 1.82) is 0 Å². The lowest BCUT2D eigenvalue weighted by Crippen LogP contribution is -2.00. The topological polar surface area (TPSA) is 73.8 Å². The zero-order valence-electron chi connectivity index (χ0n) is 12.7. The molecule has 0 spiro atoms. The first-order chi connectivity index (χ1) is 11.7. The molecule has 0 saturated heterocycles. The molecule has 8 heteroatoms. The number of aryl methyl sites for hydroxylation is 1. The fraction of sp³-hybridized carbons (Fsp3) is 0.0625. The second-order valence-electron chi connectivity index (χ2n) is 5.21. The summed E-state index contributed by atoms with van der Waals surface area (Å²) >= 11 is 6.06. The van der Waals surface area contributed by atoms with Gasteiger partial charge in [-0.05, 0) is 24.1 Å². The smallest absolute Gasteiger partial charge is 0.226 e. The summed E-state index contributed by atoms with van der Waals surface area (Å²) < 4.78 is 3.31. The van der Waals surface area contributed by atoms with Crippen molar-refractivity contribution < 1.29 is 0 Å². The Morgan fingerprint density at radius 1 is 1.21 bits per heavy atom. The number of hydrogen-bond acceptors (Lipinski definition) is 5. The highest BCUT2D eigenvalue weighted by Crippen LogP contribution is 2.19. The van der Waals surface area contributed by atoms with Gasteiger partial charge in [-0.15, -0.1) is 0 Å². The zero-order valence-corrected chi connectivity index (χ0v) is 13.5. The zero-order chi connectivity index (χ0) is 16.5. The van der Waals surface area contributed by atoms with Gasteiger partial charge < -0.3 is 0 Å². The molecule has 0 amide bonds. The highest BCUT2D eigenvalue weighted by molar-refractivity contribution is 6.28. The molecule has 1 aromatic carbocycles. The minimum Gasteiger partial charge on any atom is -0.288 e. The van der Waals surface area contributed by atoms with Crippen LogP contribution in [-0.4, -0.2) is 35.4 Å². The first-order valence-electron chi connectivity index (χ1n) is 7.20. The van der Waals surface area contributed by atoms with Gasteiger partial charge in [-0.25, -0.2) is 14.6 Å². The minimum absolute atomic E-state index is 0.124. The number of rotatable bonds is 3. The van der Waals surface area contributed by atoms with E-state index in [1.54, 1.807) is 40.5 Å². The van der Waals surface area contributed by atoms with Crippen molar-refractivity contribution in [2.24, 2.45) is 5.10 Å². The van der Waals surface area contributed by atoms with Crippen LogP contribution >= 0.6 is 11.6 Å². The molecule has 0 N–H and O–H groups in total. The molecular weight excluding hydrogens is 326 g/mol. The lowest BCUT2D eigenvalue weighted by atomic mass is 10.2. The standard InChI is InChI=1S/C16H12ClN7/c1-11-3-2-4-12(7-11)8-20-24-10-19-13-14(23-6-5-18-9-23)21-16(17)22-15(13)24/h2-10H,1H3. The van der Waals surface area contributed by atoms with Gasteiger partial charge in [0.25, 0.3) is 0 Å². The molecule has 4 rings (SSSR count). The summed E-state index contributed by atoms with van der Waals surface area (Å²) in [6.07, 6.45) is 8.40. The highest BCUT2D eigenvalue weighted by Gasteiger charge is 2.13. The van der Waals surface area contributed by atoms with Crippen LogP contribution in [0.2, 0.25) is 5.28 Å². The van der Waals surface area contributed by atoms with Gasteiger partial charge >= 0.3 is 0 Å². The van der Waals surface area contributed by atoms with E-state index in [-0.39, 0.29) is 5.28 Å². The highest BCUT2D eigenvalue weighted by atomic mass is 35.5. The fourth-order valence-corrected chi connectivity index (χ4v) is 2.54. The lowest BCUT2D eigenvalue weighted by molar-refractivity contribution is 0.895. The van der Waals surface area contributed by atoms with E-state index in [1.807, 2.05) is 31.2 Å². The predicted molar refractivity (Wildman–Crippen MR) is 91.6 cm³/mol. The van der Waals surface area contributed by atoms with Crippen LogP contribution in [0.1, 0.15) is 11.1 Å². The number of fused-ring (bicyclic) bond motifs is 1. The van der Waals surface area contributed by atoms with Gasteiger partial charge in [-0.1, -0.05) is 29.8 Å². The van der Waals surface area contributed by atoms with Crippen molar-refractivity contribution in [1.82, 2.24) is 29.2 Å². The van der Waals surface area contributed by atoms with E-state index in [0.29, 0.717) is 17.0 Å². The van der Waals surface area contributed by atoms with Gasteiger partial charge in [0.2, 0.25) is 5.28 Å². The largest absolute Gasteiger partial charge is 0.288 e. The Morgan fingerprint density at radius 3 is 2.92 bits per heavy atom. The third kappa shape index (κ3) is 2.65. The lowest BCUT2D eigenvalue weighted by Gasteiger charge is -2.03. The Balaban J connectivity index is 1.80. The molecular formula is C16H12ClN7. The van der Waals surface area contributed by atoms with Crippen LogP contribution in [0.25, 0.3) is 17.0 Å². The molecule has 0 unspecified atom stereocenters. The second-order valence-corrected chi connectivity index (χ2v) is 5.54. The fourth-order valence-electron chi connectivity index (χ4n) is 2.38. The normalized spacial score (nSPS) is 11.6. The summed E-state index contributed by atoms with van der Waals surface area (Å²) in [5, 5.41) is 4.55. The SMILES string of the molecule is Cc1cccc(C=Nn2cnc3c(-n4ccnc4)nc(Cl)nc32)c1. The van der Waals surface area contributed by atoms with E-state index in [1.165, 1.54) is 5.56 Å². The molecule has 0 atom stereocenters. The molecule has 0 aliphatic heterocycles. The van der Waals surface area contributed by atoms with E-state index in [4.69, 9.17) is 11.6 Å². The Morgan fingerprint density at radius 2 is 2.12 bits per heavy atom. The molecule has 0 fully saturated rings. The summed E-state index contributed by atoms with van der Waals surface area (Å²) in [5.41, 5.74) is 3.29. The van der Waals surface area contributed by atoms with E-state index in [2.05, 4.69) is 25.0 Å². The van der Waals surface area contributed by atoms with Gasteiger partial charge in [0.1, 0.15) is 12.7 Å². The number of nitrogens with zero attached hydrogens (tertiary/aromatic N) is 7. The first-order valence-corrected chi connectivity index (χ1v) is 7.58. The molecule has 3 aromatic heterocycles. The van der Waals surface area contributed by atoms with Gasteiger partial charge in [0, 0.05) is 12.4 Å². The Kier molecular flexibility index (Phi) is 3.55. The molecule has 0 aliphatic carbocycles. The second kappa shape index (κ2) is 5.86. The minimum atomic E-state index is 0.124. The van der Waals surface area contributed by atoms with E-state index < -0.39 is 0 Å². The number of imidazole rings is 2. The van der Waals surface area contributed by atoms with Crippen LogP contribution in [0.4, 0.5) is 0 Å². The number of hydrogen-bond donors (Lipinski definition) is 0. The van der Waals surface area contributed by atoms with Gasteiger partial charge in [0.15, 0.2) is 17.0 Å². The monoisotopic (exact) mass is 337 g/mol. The first kappa shape index (κ1) is 14.5. The van der Waals surface area contributed by atoms with Crippen molar-refractivity contribution in [3.8, 4) is 5.82 Å². The van der Waals surface area contributed by atoms with Crippen LogP contribution < -0.4 is 0 Å². The van der Waals surface area contributed by atoms with Crippen molar-refractivity contribution in [2.45, 2.75) is 6.92 Å². The van der Waals surface area contributed by atoms with Crippen LogP contribution in [-0.2, 0) is 0 Å². The summed E-state index contributed by atoms with van der Waals surface area (Å²) in [6.45, 7) is 2.04. The van der Waals surface area contributed by atoms with Crippen LogP contribution in [0.15, 0.2) is 54.4 Å². The molecule has 3 heterocycles. The molecule has 0 saturated carbocycles. The molecule has 7 nitrogen and oxygen atoms in total. The van der Waals surface area contributed by atoms with Crippen molar-refractivity contribution in [3.05, 3.63) is 65.7 Å². The number of benzene rings is 1. The van der Waals surface area contributed by atoms with Crippen molar-refractivity contribution in [2.75, 3.05) is 0 Å². The average Bonchev–Trinajstić information content (AvgIpc) is 3.22. The summed E-state index contributed by atoms with van der Waals surface area (Å²) in [5.74, 6) is 0.562. The predicted octanol–water partition coefficient (Wildman–Crippen LogP) is 2.86. The van der Waals surface area contributed by atoms with E-state index >= 15 is 0 Å². The Labute approximate surface area is 142 Å². The Hall–Kier alpha value is -3.06. The molecule has 0 bridgehead atoms. The maximum atomic E-state index is 6.06. The van der Waals surface area contributed by atoms with Crippen molar-refractivity contribution in [3.63, 3.8) is 0 Å². The Bertz CT molecular complexity index is 1030. The van der Waals surface area contributed by atoms with Crippen molar-refractivity contribution >= 4 is 29.0 Å². The number of aromatic nitrogens is 6. The quantitative estimate of drug-likeness (QED) is 0.425. The third-order valence-corrected chi connectivity index (χ3v) is 3.62. The van der Waals surface area contributed by atoms with Gasteiger partial charge in [-0.3, -0.25) is 4.57 Å². The van der Waals surface area contributed by atoms with E-state index in [0.717, 1.165) is 5.56 Å². The van der Waals surface area contributed by atoms with E-state index in [9.17, 15) is 0 Å². The molecule has 24 heavy (non-hydrogen) atoms. The summed E-state index contributed by atoms with van der Waals surface area (Å²) in [4.78, 5) is 16.9. The summed E-state index contributed by atoms with van der Waals surface area (Å²) in [7, 11) is 0. The third-order valence-electron chi connectivity index (χ3n) is 3.46. The molecule has 0 radical (unpaired) electrons.